The number of carbonyl (C=O) groups is 2. The van der Waals surface area contributed by atoms with E-state index in [1.54, 1.807) is 11.8 Å². The molecule has 0 saturated carbocycles. The Labute approximate surface area is 130 Å². The van der Waals surface area contributed by atoms with E-state index in [0.717, 1.165) is 18.6 Å². The molecule has 2 aliphatic heterocycles. The summed E-state index contributed by atoms with van der Waals surface area (Å²) in [5.74, 6) is 0.895. The Morgan fingerprint density at radius 3 is 3.10 bits per heavy atom. The standard InChI is InChI=1S/C16H24N2O2S/c1-16-9-7-14(19)18(16)13(11-21-16)15(20)17-10-8-12-5-3-2-4-6-12/h5,13H,2-4,6-11H2,1H3,(H,17,20)/t13-,16-/m0/s1. The average Bonchev–Trinajstić information content (AvgIpc) is 2.97. The van der Waals surface area contributed by atoms with Gasteiger partial charge in [-0.2, -0.15) is 0 Å². The molecule has 2 atom stereocenters. The second-order valence-corrected chi connectivity index (χ2v) is 7.92. The van der Waals surface area contributed by atoms with Gasteiger partial charge in [0, 0.05) is 18.7 Å². The molecule has 3 aliphatic rings. The lowest BCUT2D eigenvalue weighted by Gasteiger charge is -2.29. The van der Waals surface area contributed by atoms with Crippen molar-refractivity contribution in [1.29, 1.82) is 0 Å². The van der Waals surface area contributed by atoms with Gasteiger partial charge in [-0.25, -0.2) is 0 Å². The molecule has 3 rings (SSSR count). The number of hydrogen-bond acceptors (Lipinski definition) is 3. The first-order valence-corrected chi connectivity index (χ1v) is 9.00. The van der Waals surface area contributed by atoms with Crippen molar-refractivity contribution in [2.24, 2.45) is 0 Å². The third-order valence-corrected chi connectivity index (χ3v) is 6.38. The van der Waals surface area contributed by atoms with Gasteiger partial charge in [-0.15, -0.1) is 11.8 Å². The molecule has 0 aromatic heterocycles. The number of amides is 2. The Morgan fingerprint density at radius 2 is 2.33 bits per heavy atom. The highest BCUT2D eigenvalue weighted by Gasteiger charge is 2.52. The first-order chi connectivity index (χ1) is 10.1. The minimum atomic E-state index is -0.268. The van der Waals surface area contributed by atoms with Gasteiger partial charge in [0.1, 0.15) is 6.04 Å². The summed E-state index contributed by atoms with van der Waals surface area (Å²) in [5, 5.41) is 3.04. The van der Waals surface area contributed by atoms with Crippen LogP contribution in [0.4, 0.5) is 0 Å². The lowest BCUT2D eigenvalue weighted by molar-refractivity contribution is -0.137. The summed E-state index contributed by atoms with van der Waals surface area (Å²) in [7, 11) is 0. The fourth-order valence-corrected chi connectivity index (χ4v) is 5.04. The molecule has 2 amide bonds. The number of nitrogens with zero attached hydrogens (tertiary/aromatic N) is 1. The smallest absolute Gasteiger partial charge is 0.243 e. The summed E-state index contributed by atoms with van der Waals surface area (Å²) >= 11 is 1.75. The Kier molecular flexibility index (Phi) is 4.29. The molecule has 1 aliphatic carbocycles. The molecular formula is C16H24N2O2S. The van der Waals surface area contributed by atoms with Gasteiger partial charge in [0.2, 0.25) is 11.8 Å². The van der Waals surface area contributed by atoms with Crippen molar-refractivity contribution >= 4 is 23.6 Å². The second-order valence-electron chi connectivity index (χ2n) is 6.41. The molecule has 4 nitrogen and oxygen atoms in total. The summed E-state index contributed by atoms with van der Waals surface area (Å²) in [6, 6.07) is -0.268. The third-order valence-electron chi connectivity index (χ3n) is 4.88. The maximum Gasteiger partial charge on any atom is 0.243 e. The average molecular weight is 308 g/mol. The predicted octanol–water partition coefficient (Wildman–Crippen LogP) is 2.45. The zero-order valence-electron chi connectivity index (χ0n) is 12.7. The van der Waals surface area contributed by atoms with Crippen LogP contribution in [0.1, 0.15) is 51.9 Å². The van der Waals surface area contributed by atoms with Gasteiger partial charge in [-0.3, -0.25) is 9.59 Å². The van der Waals surface area contributed by atoms with Gasteiger partial charge in [-0.05, 0) is 45.4 Å². The lowest BCUT2D eigenvalue weighted by Crippen LogP contribution is -2.50. The van der Waals surface area contributed by atoms with Crippen LogP contribution < -0.4 is 5.32 Å². The van der Waals surface area contributed by atoms with E-state index in [0.29, 0.717) is 13.0 Å². The molecule has 0 unspecified atom stereocenters. The number of allylic oxidation sites excluding steroid dienone is 1. The molecule has 0 radical (unpaired) electrons. The highest BCUT2D eigenvalue weighted by Crippen LogP contribution is 2.47. The van der Waals surface area contributed by atoms with E-state index < -0.39 is 0 Å². The minimum absolute atomic E-state index is 0.0258. The topological polar surface area (TPSA) is 49.4 Å². The van der Waals surface area contributed by atoms with E-state index in [1.807, 2.05) is 4.90 Å². The predicted molar refractivity (Wildman–Crippen MR) is 84.9 cm³/mol. The van der Waals surface area contributed by atoms with Crippen molar-refractivity contribution in [3.05, 3.63) is 11.6 Å². The zero-order chi connectivity index (χ0) is 14.9. The van der Waals surface area contributed by atoms with Crippen LogP contribution >= 0.6 is 11.8 Å². The summed E-state index contributed by atoms with van der Waals surface area (Å²) in [6.45, 7) is 2.78. The fourth-order valence-electron chi connectivity index (χ4n) is 3.61. The Bertz CT molecular complexity index is 477. The van der Waals surface area contributed by atoms with Crippen LogP contribution in [0, 0.1) is 0 Å². The molecule has 116 valence electrons. The van der Waals surface area contributed by atoms with Crippen LogP contribution in [0.2, 0.25) is 0 Å². The van der Waals surface area contributed by atoms with Crippen LogP contribution in [0.25, 0.3) is 0 Å². The zero-order valence-corrected chi connectivity index (χ0v) is 13.5. The van der Waals surface area contributed by atoms with Gasteiger partial charge in [0.25, 0.3) is 0 Å². The molecule has 0 aromatic carbocycles. The first kappa shape index (κ1) is 14.9. The van der Waals surface area contributed by atoms with Crippen molar-refractivity contribution in [2.75, 3.05) is 12.3 Å². The minimum Gasteiger partial charge on any atom is -0.354 e. The second kappa shape index (κ2) is 6.03. The van der Waals surface area contributed by atoms with Crippen LogP contribution in [-0.2, 0) is 9.59 Å². The molecule has 21 heavy (non-hydrogen) atoms. The SMILES string of the molecule is C[C@]12CCC(=O)N1[C@H](C(=O)NCCC1=CCCCC1)CS2. The van der Waals surface area contributed by atoms with E-state index in [-0.39, 0.29) is 22.7 Å². The van der Waals surface area contributed by atoms with Crippen molar-refractivity contribution in [3.8, 4) is 0 Å². The van der Waals surface area contributed by atoms with E-state index in [1.165, 1.54) is 31.3 Å². The Balaban J connectivity index is 1.51. The molecule has 5 heteroatoms. The van der Waals surface area contributed by atoms with E-state index in [9.17, 15) is 9.59 Å². The molecular weight excluding hydrogens is 284 g/mol. The molecule has 1 N–H and O–H groups in total. The van der Waals surface area contributed by atoms with Crippen molar-refractivity contribution in [1.82, 2.24) is 10.2 Å². The van der Waals surface area contributed by atoms with E-state index in [2.05, 4.69) is 18.3 Å². The molecule has 2 fully saturated rings. The van der Waals surface area contributed by atoms with Gasteiger partial charge >= 0.3 is 0 Å². The monoisotopic (exact) mass is 308 g/mol. The van der Waals surface area contributed by atoms with Crippen molar-refractivity contribution in [3.63, 3.8) is 0 Å². The maximum absolute atomic E-state index is 12.4. The molecule has 2 heterocycles. The van der Waals surface area contributed by atoms with Crippen LogP contribution in [0.5, 0.6) is 0 Å². The van der Waals surface area contributed by atoms with Crippen molar-refractivity contribution in [2.45, 2.75) is 62.8 Å². The normalized spacial score (nSPS) is 32.0. The van der Waals surface area contributed by atoms with Gasteiger partial charge < -0.3 is 10.2 Å². The van der Waals surface area contributed by atoms with E-state index >= 15 is 0 Å². The third kappa shape index (κ3) is 2.98. The van der Waals surface area contributed by atoms with Gasteiger partial charge in [0.05, 0.1) is 4.87 Å². The maximum atomic E-state index is 12.4. The Morgan fingerprint density at radius 1 is 1.48 bits per heavy atom. The number of rotatable bonds is 4. The molecule has 2 saturated heterocycles. The summed E-state index contributed by atoms with van der Waals surface area (Å²) in [6.07, 6.45) is 9.66. The molecule has 0 bridgehead atoms. The molecule has 0 spiro atoms. The highest BCUT2D eigenvalue weighted by molar-refractivity contribution is 8.01. The summed E-state index contributed by atoms with van der Waals surface area (Å²) in [5.41, 5.74) is 1.48. The highest BCUT2D eigenvalue weighted by atomic mass is 32.2. The Hall–Kier alpha value is -0.970. The quantitative estimate of drug-likeness (QED) is 0.812. The number of fused-ring (bicyclic) bond motifs is 1. The van der Waals surface area contributed by atoms with E-state index in [4.69, 9.17) is 0 Å². The van der Waals surface area contributed by atoms with Crippen LogP contribution in [0.3, 0.4) is 0 Å². The van der Waals surface area contributed by atoms with Crippen molar-refractivity contribution < 1.29 is 9.59 Å². The largest absolute Gasteiger partial charge is 0.354 e. The van der Waals surface area contributed by atoms with Gasteiger partial charge in [-0.1, -0.05) is 11.6 Å². The molecule has 0 aromatic rings. The summed E-state index contributed by atoms with van der Waals surface area (Å²) in [4.78, 5) is 26.1. The van der Waals surface area contributed by atoms with Crippen LogP contribution in [0.15, 0.2) is 11.6 Å². The lowest BCUT2D eigenvalue weighted by atomic mass is 9.97. The summed E-state index contributed by atoms with van der Waals surface area (Å²) < 4.78 is 0. The number of nitrogens with one attached hydrogen (secondary N) is 1. The fraction of sp³-hybridized carbons (Fsp3) is 0.750. The number of thioether (sulfide) groups is 1. The van der Waals surface area contributed by atoms with Crippen LogP contribution in [-0.4, -0.2) is 39.9 Å². The first-order valence-electron chi connectivity index (χ1n) is 8.02. The number of hydrogen-bond donors (Lipinski definition) is 1. The number of carbonyl (C=O) groups excluding carboxylic acids is 2. The van der Waals surface area contributed by atoms with Gasteiger partial charge in [0.15, 0.2) is 0 Å².